The van der Waals surface area contributed by atoms with Crippen LogP contribution in [0.3, 0.4) is 0 Å². The number of aliphatic hydroxyl groups excluding tert-OH is 1. The molecule has 9 heteroatoms. The number of hydrogen-bond donors (Lipinski definition) is 2. The van der Waals surface area contributed by atoms with Crippen LogP contribution in [0.2, 0.25) is 0 Å². The number of aromatic nitrogens is 1. The van der Waals surface area contributed by atoms with Crippen LogP contribution in [0.1, 0.15) is 16.8 Å². The number of fused-ring (bicyclic) bond motifs is 1. The second-order valence-corrected chi connectivity index (χ2v) is 9.91. The molecule has 0 spiro atoms. The maximum absolute atomic E-state index is 14.1. The lowest BCUT2D eigenvalue weighted by atomic mass is 10.1. The molecule has 8 nitrogen and oxygen atoms in total. The van der Waals surface area contributed by atoms with Gasteiger partial charge in [0.1, 0.15) is 11.5 Å². The quantitative estimate of drug-likeness (QED) is 0.342. The average Bonchev–Trinajstić information content (AvgIpc) is 2.88. The Balaban J connectivity index is 1.81. The number of methoxy groups -OCH3 is 2. The van der Waals surface area contributed by atoms with Crippen LogP contribution in [-0.2, 0) is 29.7 Å². The minimum atomic E-state index is -4.02. The van der Waals surface area contributed by atoms with E-state index in [9.17, 15) is 13.5 Å². The number of nitrogen functional groups attached to an aromatic ring is 1. The smallest absolute Gasteiger partial charge is 0.244 e. The fourth-order valence-corrected chi connectivity index (χ4v) is 5.56. The number of nitrogens with zero attached hydrogens (tertiary/aromatic N) is 2. The number of sulfonamides is 1. The fraction of sp³-hybridized carbons (Fsp3) is 0.192. The van der Waals surface area contributed by atoms with E-state index in [1.165, 1.54) is 16.6 Å². The van der Waals surface area contributed by atoms with Crippen molar-refractivity contribution in [2.75, 3.05) is 20.0 Å². The van der Waals surface area contributed by atoms with E-state index < -0.39 is 10.0 Å². The third kappa shape index (κ3) is 5.22. The number of nitrogens with two attached hydrogens (primary N) is 1. The highest BCUT2D eigenvalue weighted by Gasteiger charge is 2.28. The van der Waals surface area contributed by atoms with Crippen molar-refractivity contribution in [1.82, 2.24) is 9.29 Å². The zero-order valence-electron chi connectivity index (χ0n) is 19.5. The van der Waals surface area contributed by atoms with E-state index in [0.29, 0.717) is 28.0 Å². The summed E-state index contributed by atoms with van der Waals surface area (Å²) in [5.74, 6) is 1.37. The molecule has 0 saturated heterocycles. The van der Waals surface area contributed by atoms with Crippen molar-refractivity contribution in [2.45, 2.75) is 24.6 Å². The SMILES string of the molecule is COc1ccc(CN(Cc2ccc(OC)cc2)S(=O)(=O)c2cc(N)cc3c(CO)nccc23)cc1. The Morgan fingerprint density at radius 2 is 1.40 bits per heavy atom. The summed E-state index contributed by atoms with van der Waals surface area (Å²) >= 11 is 0. The lowest BCUT2D eigenvalue weighted by molar-refractivity contribution is 0.278. The molecule has 3 N–H and O–H groups in total. The van der Waals surface area contributed by atoms with Gasteiger partial charge in [0.05, 0.1) is 31.4 Å². The highest BCUT2D eigenvalue weighted by molar-refractivity contribution is 7.89. The summed E-state index contributed by atoms with van der Waals surface area (Å²) in [4.78, 5) is 4.23. The molecular formula is C26H27N3O5S. The van der Waals surface area contributed by atoms with E-state index in [0.717, 1.165) is 11.1 Å². The average molecular weight is 494 g/mol. The Bertz CT molecular complexity index is 1370. The first kappa shape index (κ1) is 24.5. The minimum Gasteiger partial charge on any atom is -0.497 e. The second-order valence-electron chi connectivity index (χ2n) is 8.00. The van der Waals surface area contributed by atoms with E-state index >= 15 is 0 Å². The summed E-state index contributed by atoms with van der Waals surface area (Å²) in [7, 11) is -0.863. The molecule has 4 aromatic rings. The van der Waals surface area contributed by atoms with Crippen molar-refractivity contribution in [1.29, 1.82) is 0 Å². The summed E-state index contributed by atoms with van der Waals surface area (Å²) in [5.41, 5.74) is 8.33. The predicted octanol–water partition coefficient (Wildman–Crippen LogP) is 3.72. The van der Waals surface area contributed by atoms with Crippen LogP contribution < -0.4 is 15.2 Å². The number of hydrogen-bond acceptors (Lipinski definition) is 7. The number of rotatable bonds is 9. The predicted molar refractivity (Wildman–Crippen MR) is 134 cm³/mol. The maximum Gasteiger partial charge on any atom is 0.244 e. The van der Waals surface area contributed by atoms with Gasteiger partial charge in [-0.2, -0.15) is 4.31 Å². The zero-order chi connectivity index (χ0) is 25.0. The Labute approximate surface area is 204 Å². The van der Waals surface area contributed by atoms with Gasteiger partial charge in [0.2, 0.25) is 10.0 Å². The van der Waals surface area contributed by atoms with E-state index in [1.807, 2.05) is 24.3 Å². The Morgan fingerprint density at radius 1 is 0.857 bits per heavy atom. The van der Waals surface area contributed by atoms with Gasteiger partial charge in [-0.3, -0.25) is 4.98 Å². The van der Waals surface area contributed by atoms with Crippen LogP contribution >= 0.6 is 0 Å². The van der Waals surface area contributed by atoms with Crippen molar-refractivity contribution < 1.29 is 23.0 Å². The molecule has 4 rings (SSSR count). The monoisotopic (exact) mass is 493 g/mol. The number of ether oxygens (including phenoxy) is 2. The number of anilines is 1. The molecule has 0 unspecified atom stereocenters. The number of benzene rings is 3. The Hall–Kier alpha value is -3.66. The van der Waals surface area contributed by atoms with Crippen LogP contribution in [0.4, 0.5) is 5.69 Å². The van der Waals surface area contributed by atoms with E-state index in [2.05, 4.69) is 4.98 Å². The van der Waals surface area contributed by atoms with Gasteiger partial charge in [-0.15, -0.1) is 0 Å². The van der Waals surface area contributed by atoms with Crippen LogP contribution in [-0.4, -0.2) is 37.0 Å². The Kier molecular flexibility index (Phi) is 7.20. The van der Waals surface area contributed by atoms with Gasteiger partial charge in [-0.1, -0.05) is 24.3 Å². The molecule has 0 fully saturated rings. The van der Waals surface area contributed by atoms with E-state index in [4.69, 9.17) is 15.2 Å². The molecule has 0 radical (unpaired) electrons. The van der Waals surface area contributed by atoms with E-state index in [1.54, 1.807) is 50.6 Å². The molecule has 3 aromatic carbocycles. The first-order chi connectivity index (χ1) is 16.8. The van der Waals surface area contributed by atoms with Gasteiger partial charge < -0.3 is 20.3 Å². The lowest BCUT2D eigenvalue weighted by Crippen LogP contribution is -2.30. The van der Waals surface area contributed by atoms with Crippen molar-refractivity contribution in [3.05, 3.63) is 89.7 Å². The van der Waals surface area contributed by atoms with Crippen LogP contribution in [0, 0.1) is 0 Å². The third-order valence-corrected chi connectivity index (χ3v) is 7.58. The highest BCUT2D eigenvalue weighted by Crippen LogP contribution is 2.32. The largest absolute Gasteiger partial charge is 0.497 e. The van der Waals surface area contributed by atoms with Crippen LogP contribution in [0.5, 0.6) is 11.5 Å². The van der Waals surface area contributed by atoms with Gasteiger partial charge in [-0.05, 0) is 53.6 Å². The highest BCUT2D eigenvalue weighted by atomic mass is 32.2. The van der Waals surface area contributed by atoms with Gasteiger partial charge in [-0.25, -0.2) is 8.42 Å². The summed E-state index contributed by atoms with van der Waals surface area (Å²) in [6.07, 6.45) is 1.49. The molecular weight excluding hydrogens is 466 g/mol. The van der Waals surface area contributed by atoms with E-state index in [-0.39, 0.29) is 30.3 Å². The van der Waals surface area contributed by atoms with Crippen molar-refractivity contribution in [3.63, 3.8) is 0 Å². The molecule has 0 aliphatic rings. The molecule has 1 heterocycles. The fourth-order valence-electron chi connectivity index (χ4n) is 3.90. The standard InChI is InChI=1S/C26H27N3O5S/c1-33-21-7-3-18(4-8-21)15-29(16-19-5-9-22(34-2)10-6-19)35(31,32)26-14-20(27)13-24-23(26)11-12-28-25(24)17-30/h3-14,30H,15-17,27H2,1-2H3. The zero-order valence-corrected chi connectivity index (χ0v) is 20.3. The van der Waals surface area contributed by atoms with Gasteiger partial charge in [0.15, 0.2) is 0 Å². The first-order valence-electron chi connectivity index (χ1n) is 10.9. The summed E-state index contributed by atoms with van der Waals surface area (Å²) < 4.78 is 40.0. The molecule has 0 amide bonds. The minimum absolute atomic E-state index is 0.0617. The number of pyridine rings is 1. The third-order valence-electron chi connectivity index (χ3n) is 5.75. The molecule has 1 aromatic heterocycles. The van der Waals surface area contributed by atoms with Crippen LogP contribution in [0.25, 0.3) is 10.8 Å². The Morgan fingerprint density at radius 3 is 1.89 bits per heavy atom. The molecule has 0 aliphatic carbocycles. The second kappa shape index (κ2) is 10.3. The maximum atomic E-state index is 14.1. The number of aliphatic hydroxyl groups is 1. The van der Waals surface area contributed by atoms with Gasteiger partial charge >= 0.3 is 0 Å². The molecule has 0 saturated carbocycles. The molecule has 0 bridgehead atoms. The van der Waals surface area contributed by atoms with Gasteiger partial charge in [0.25, 0.3) is 0 Å². The van der Waals surface area contributed by atoms with Crippen LogP contribution in [0.15, 0.2) is 77.8 Å². The molecule has 0 aliphatic heterocycles. The van der Waals surface area contributed by atoms with Gasteiger partial charge in [0, 0.05) is 35.7 Å². The van der Waals surface area contributed by atoms with Crippen molar-refractivity contribution in [2.24, 2.45) is 0 Å². The topological polar surface area (TPSA) is 115 Å². The van der Waals surface area contributed by atoms with Crippen molar-refractivity contribution >= 4 is 26.5 Å². The summed E-state index contributed by atoms with van der Waals surface area (Å²) in [6, 6.07) is 19.2. The summed E-state index contributed by atoms with van der Waals surface area (Å²) in [6.45, 7) is -0.0686. The lowest BCUT2D eigenvalue weighted by Gasteiger charge is -2.24. The molecule has 35 heavy (non-hydrogen) atoms. The van der Waals surface area contributed by atoms with Crippen molar-refractivity contribution in [3.8, 4) is 11.5 Å². The molecule has 0 atom stereocenters. The summed E-state index contributed by atoms with van der Waals surface area (Å²) in [5, 5.41) is 10.7. The first-order valence-corrected chi connectivity index (χ1v) is 12.3. The molecule has 182 valence electrons. The normalized spacial score (nSPS) is 11.7.